The minimum Gasteiger partial charge on any atom is -0.493 e. The molecule has 1 aliphatic heterocycles. The zero-order valence-corrected chi connectivity index (χ0v) is 20.2. The van der Waals surface area contributed by atoms with Crippen LogP contribution in [0.5, 0.6) is 11.5 Å². The van der Waals surface area contributed by atoms with Crippen molar-refractivity contribution in [1.82, 2.24) is 10.2 Å². The Morgan fingerprint density at radius 3 is 2.45 bits per heavy atom. The van der Waals surface area contributed by atoms with E-state index in [1.807, 2.05) is 41.8 Å². The van der Waals surface area contributed by atoms with Gasteiger partial charge >= 0.3 is 0 Å². The van der Waals surface area contributed by atoms with E-state index in [0.29, 0.717) is 40.6 Å². The standard InChI is InChI=1S/C25H25ClN2O4S/c1-28-23(21-5-4-12-33-21)22(24(29)27-11-10-15-6-8-16(26)9-7-15)17-13-19(31-2)20(32-3)14-18(17)25(28)30/h4-9,12-14,22-23H,10-11H2,1-3H3,(H,27,29)/t22-,23-/m1/s1. The molecule has 6 nitrogen and oxygen atoms in total. The van der Waals surface area contributed by atoms with Crippen LogP contribution in [0.3, 0.4) is 0 Å². The number of amides is 2. The number of carbonyl (C=O) groups excluding carboxylic acids is 2. The molecule has 3 aromatic rings. The second kappa shape index (κ2) is 9.85. The highest BCUT2D eigenvalue weighted by Gasteiger charge is 2.43. The monoisotopic (exact) mass is 484 g/mol. The van der Waals surface area contributed by atoms with Gasteiger partial charge in [0.25, 0.3) is 5.91 Å². The van der Waals surface area contributed by atoms with Gasteiger partial charge < -0.3 is 19.7 Å². The number of rotatable bonds is 7. The molecular weight excluding hydrogens is 460 g/mol. The summed E-state index contributed by atoms with van der Waals surface area (Å²) in [6.45, 7) is 0.467. The number of carbonyl (C=O) groups is 2. The smallest absolute Gasteiger partial charge is 0.254 e. The van der Waals surface area contributed by atoms with Gasteiger partial charge in [-0.15, -0.1) is 11.3 Å². The lowest BCUT2D eigenvalue weighted by molar-refractivity contribution is -0.124. The van der Waals surface area contributed by atoms with Crippen molar-refractivity contribution in [3.8, 4) is 11.5 Å². The van der Waals surface area contributed by atoms with Crippen LogP contribution in [0.4, 0.5) is 0 Å². The molecule has 8 heteroatoms. The van der Waals surface area contributed by atoms with E-state index in [1.54, 1.807) is 31.2 Å². The molecule has 1 aliphatic rings. The van der Waals surface area contributed by atoms with Crippen LogP contribution in [-0.4, -0.2) is 44.5 Å². The van der Waals surface area contributed by atoms with Crippen LogP contribution in [0.2, 0.25) is 5.02 Å². The van der Waals surface area contributed by atoms with Gasteiger partial charge in [0.15, 0.2) is 11.5 Å². The molecule has 0 spiro atoms. The highest BCUT2D eigenvalue weighted by Crippen LogP contribution is 2.46. The second-order valence-corrected chi connectivity index (χ2v) is 9.23. The van der Waals surface area contributed by atoms with Crippen LogP contribution in [0.25, 0.3) is 0 Å². The molecule has 2 amide bonds. The van der Waals surface area contributed by atoms with Crippen molar-refractivity contribution in [2.24, 2.45) is 0 Å². The first-order valence-corrected chi connectivity index (χ1v) is 11.8. The molecule has 0 radical (unpaired) electrons. The zero-order chi connectivity index (χ0) is 23.5. The van der Waals surface area contributed by atoms with E-state index in [0.717, 1.165) is 10.4 Å². The van der Waals surface area contributed by atoms with Gasteiger partial charge in [0, 0.05) is 29.1 Å². The first-order chi connectivity index (χ1) is 15.9. The Morgan fingerprint density at radius 2 is 1.82 bits per heavy atom. The molecule has 2 atom stereocenters. The summed E-state index contributed by atoms with van der Waals surface area (Å²) in [4.78, 5) is 29.4. The quantitative estimate of drug-likeness (QED) is 0.528. The number of likely N-dealkylation sites (N-methyl/N-ethyl adjacent to an activating group) is 1. The summed E-state index contributed by atoms with van der Waals surface area (Å²) < 4.78 is 10.9. The number of thiophene rings is 1. The Morgan fingerprint density at radius 1 is 1.12 bits per heavy atom. The Bertz CT molecular complexity index is 1150. The van der Waals surface area contributed by atoms with Crippen molar-refractivity contribution in [3.05, 3.63) is 80.5 Å². The van der Waals surface area contributed by atoms with E-state index < -0.39 is 12.0 Å². The molecule has 172 valence electrons. The highest BCUT2D eigenvalue weighted by atomic mass is 35.5. The molecule has 0 fully saturated rings. The number of hydrogen-bond donors (Lipinski definition) is 1. The normalized spacial score (nSPS) is 17.5. The van der Waals surface area contributed by atoms with Crippen LogP contribution in [-0.2, 0) is 11.2 Å². The molecule has 0 saturated heterocycles. The van der Waals surface area contributed by atoms with Crippen molar-refractivity contribution in [1.29, 1.82) is 0 Å². The number of nitrogens with one attached hydrogen (secondary N) is 1. The number of fused-ring (bicyclic) bond motifs is 1. The molecule has 0 unspecified atom stereocenters. The summed E-state index contributed by atoms with van der Waals surface area (Å²) in [5.41, 5.74) is 2.16. The van der Waals surface area contributed by atoms with Crippen LogP contribution >= 0.6 is 22.9 Å². The first-order valence-electron chi connectivity index (χ1n) is 10.5. The average Bonchev–Trinajstić information content (AvgIpc) is 3.36. The van der Waals surface area contributed by atoms with E-state index in [4.69, 9.17) is 21.1 Å². The van der Waals surface area contributed by atoms with Crippen LogP contribution < -0.4 is 14.8 Å². The SMILES string of the molecule is COc1cc2c(cc1OC)[C@@H](C(=O)NCCc1ccc(Cl)cc1)[C@@H](c1cccs1)N(C)C2=O. The van der Waals surface area contributed by atoms with Gasteiger partial charge in [0.2, 0.25) is 5.91 Å². The fraction of sp³-hybridized carbons (Fsp3) is 0.280. The Balaban J connectivity index is 1.68. The van der Waals surface area contributed by atoms with Crippen LogP contribution in [0, 0.1) is 0 Å². The largest absolute Gasteiger partial charge is 0.493 e. The average molecular weight is 485 g/mol. The molecule has 2 aromatic carbocycles. The number of hydrogen-bond acceptors (Lipinski definition) is 5. The summed E-state index contributed by atoms with van der Waals surface area (Å²) in [6.07, 6.45) is 0.673. The number of halogens is 1. The lowest BCUT2D eigenvalue weighted by atomic mass is 9.81. The summed E-state index contributed by atoms with van der Waals surface area (Å²) in [5.74, 6) is 0.0445. The van der Waals surface area contributed by atoms with Crippen molar-refractivity contribution in [2.45, 2.75) is 18.4 Å². The van der Waals surface area contributed by atoms with Crippen molar-refractivity contribution in [3.63, 3.8) is 0 Å². The van der Waals surface area contributed by atoms with E-state index in [-0.39, 0.29) is 11.8 Å². The summed E-state index contributed by atoms with van der Waals surface area (Å²) in [7, 11) is 4.80. The van der Waals surface area contributed by atoms with Crippen molar-refractivity contribution < 1.29 is 19.1 Å². The van der Waals surface area contributed by atoms with Gasteiger partial charge in [-0.1, -0.05) is 29.8 Å². The van der Waals surface area contributed by atoms with Gasteiger partial charge in [0.1, 0.15) is 0 Å². The Kier molecular flexibility index (Phi) is 6.91. The lowest BCUT2D eigenvalue weighted by Crippen LogP contribution is -2.45. The third-order valence-corrected chi connectivity index (χ3v) is 7.11. The lowest BCUT2D eigenvalue weighted by Gasteiger charge is -2.39. The van der Waals surface area contributed by atoms with Crippen LogP contribution in [0.15, 0.2) is 53.9 Å². The maximum absolute atomic E-state index is 13.6. The fourth-order valence-electron chi connectivity index (χ4n) is 4.24. The molecule has 1 aromatic heterocycles. The molecule has 0 bridgehead atoms. The first kappa shape index (κ1) is 23.1. The van der Waals surface area contributed by atoms with E-state index in [9.17, 15) is 9.59 Å². The van der Waals surface area contributed by atoms with Gasteiger partial charge in [-0.05, 0) is 53.3 Å². The van der Waals surface area contributed by atoms with E-state index >= 15 is 0 Å². The molecule has 4 rings (SSSR count). The van der Waals surface area contributed by atoms with Gasteiger partial charge in [-0.2, -0.15) is 0 Å². The predicted octanol–water partition coefficient (Wildman–Crippen LogP) is 4.69. The van der Waals surface area contributed by atoms with Crippen LogP contribution in [0.1, 0.15) is 38.3 Å². The molecule has 33 heavy (non-hydrogen) atoms. The van der Waals surface area contributed by atoms with Gasteiger partial charge in [-0.25, -0.2) is 0 Å². The zero-order valence-electron chi connectivity index (χ0n) is 18.6. The summed E-state index contributed by atoms with van der Waals surface area (Å²) >= 11 is 7.49. The number of benzene rings is 2. The molecule has 0 saturated carbocycles. The maximum atomic E-state index is 13.6. The second-order valence-electron chi connectivity index (χ2n) is 7.82. The number of ether oxygens (including phenoxy) is 2. The molecule has 1 N–H and O–H groups in total. The molecule has 0 aliphatic carbocycles. The topological polar surface area (TPSA) is 67.9 Å². The highest BCUT2D eigenvalue weighted by molar-refractivity contribution is 7.10. The number of methoxy groups -OCH3 is 2. The minimum atomic E-state index is -0.591. The third-order valence-electron chi connectivity index (χ3n) is 5.92. The van der Waals surface area contributed by atoms with Crippen molar-refractivity contribution in [2.75, 3.05) is 27.8 Å². The summed E-state index contributed by atoms with van der Waals surface area (Å²) in [6, 6.07) is 14.4. The van der Waals surface area contributed by atoms with E-state index in [1.165, 1.54) is 18.4 Å². The molecule has 2 heterocycles. The number of nitrogens with zero attached hydrogens (tertiary/aromatic N) is 1. The summed E-state index contributed by atoms with van der Waals surface area (Å²) in [5, 5.41) is 5.70. The molecular formula is C25H25ClN2O4S. The van der Waals surface area contributed by atoms with Crippen molar-refractivity contribution >= 4 is 34.8 Å². The van der Waals surface area contributed by atoms with Gasteiger partial charge in [0.05, 0.1) is 26.2 Å². The maximum Gasteiger partial charge on any atom is 0.254 e. The minimum absolute atomic E-state index is 0.143. The third kappa shape index (κ3) is 4.56. The predicted molar refractivity (Wildman–Crippen MR) is 130 cm³/mol. The van der Waals surface area contributed by atoms with Gasteiger partial charge in [-0.3, -0.25) is 9.59 Å². The fourth-order valence-corrected chi connectivity index (χ4v) is 5.27. The van der Waals surface area contributed by atoms with E-state index in [2.05, 4.69) is 5.32 Å². The Labute approximate surface area is 202 Å². The Hall–Kier alpha value is -3.03.